The van der Waals surface area contributed by atoms with Crippen molar-refractivity contribution in [2.75, 3.05) is 12.4 Å². The lowest BCUT2D eigenvalue weighted by Gasteiger charge is -2.12. The largest absolute Gasteiger partial charge is 0.497 e. The summed E-state index contributed by atoms with van der Waals surface area (Å²) in [7, 11) is 1.58. The number of hydrogen-bond acceptors (Lipinski definition) is 5. The third-order valence-electron chi connectivity index (χ3n) is 4.43. The first-order chi connectivity index (χ1) is 13.4. The van der Waals surface area contributed by atoms with Crippen molar-refractivity contribution in [1.29, 1.82) is 0 Å². The van der Waals surface area contributed by atoms with Gasteiger partial charge in [-0.15, -0.1) is 0 Å². The number of rotatable bonds is 5. The van der Waals surface area contributed by atoms with Crippen molar-refractivity contribution < 1.29 is 9.53 Å². The maximum absolute atomic E-state index is 12.3. The first kappa shape index (κ1) is 19.8. The summed E-state index contributed by atoms with van der Waals surface area (Å²) in [6, 6.07) is 10.8. The number of amides is 1. The smallest absolute Gasteiger partial charge is 0.365 e. The molecule has 0 fully saturated rings. The fourth-order valence-corrected chi connectivity index (χ4v) is 3.05. The van der Waals surface area contributed by atoms with Gasteiger partial charge in [0.25, 0.3) is 0 Å². The molecule has 8 heteroatoms. The zero-order valence-corrected chi connectivity index (χ0v) is 17.3. The highest BCUT2D eigenvalue weighted by atomic mass is 79.9. The second kappa shape index (κ2) is 8.35. The molecule has 0 aliphatic heterocycles. The SMILES string of the molecule is COc1ccc(-c2cnn(CC(=O)Nc3ccc(Br)c(C)c3C)c(=O)n2)cc1. The van der Waals surface area contributed by atoms with Gasteiger partial charge in [0.1, 0.15) is 12.3 Å². The van der Waals surface area contributed by atoms with Crippen LogP contribution in [0.5, 0.6) is 5.75 Å². The highest BCUT2D eigenvalue weighted by Crippen LogP contribution is 2.25. The van der Waals surface area contributed by atoms with Crippen LogP contribution in [0.2, 0.25) is 0 Å². The van der Waals surface area contributed by atoms with E-state index in [2.05, 4.69) is 31.3 Å². The lowest BCUT2D eigenvalue weighted by molar-refractivity contribution is -0.117. The molecule has 1 aromatic heterocycles. The summed E-state index contributed by atoms with van der Waals surface area (Å²) in [5, 5.41) is 6.89. The van der Waals surface area contributed by atoms with Crippen molar-refractivity contribution in [2.45, 2.75) is 20.4 Å². The third-order valence-corrected chi connectivity index (χ3v) is 5.29. The number of anilines is 1. The number of hydrogen-bond donors (Lipinski definition) is 1. The number of aromatic nitrogens is 3. The number of methoxy groups -OCH3 is 1. The summed E-state index contributed by atoms with van der Waals surface area (Å²) >= 11 is 3.46. The van der Waals surface area contributed by atoms with Crippen molar-refractivity contribution in [3.63, 3.8) is 0 Å². The summed E-state index contributed by atoms with van der Waals surface area (Å²) in [5.41, 5.74) is 3.27. The average molecular weight is 443 g/mol. The van der Waals surface area contributed by atoms with E-state index in [9.17, 15) is 9.59 Å². The van der Waals surface area contributed by atoms with Crippen molar-refractivity contribution in [1.82, 2.24) is 14.8 Å². The van der Waals surface area contributed by atoms with Gasteiger partial charge in [-0.05, 0) is 61.4 Å². The second-order valence-corrected chi connectivity index (χ2v) is 7.06. The zero-order valence-electron chi connectivity index (χ0n) is 15.7. The van der Waals surface area contributed by atoms with Crippen LogP contribution in [0.3, 0.4) is 0 Å². The van der Waals surface area contributed by atoms with Gasteiger partial charge in [-0.25, -0.2) is 9.48 Å². The molecule has 0 bridgehead atoms. The molecule has 0 spiro atoms. The summed E-state index contributed by atoms with van der Waals surface area (Å²) in [6.45, 7) is 3.66. The van der Waals surface area contributed by atoms with Crippen LogP contribution in [0.25, 0.3) is 11.3 Å². The minimum Gasteiger partial charge on any atom is -0.497 e. The monoisotopic (exact) mass is 442 g/mol. The lowest BCUT2D eigenvalue weighted by Crippen LogP contribution is -2.31. The van der Waals surface area contributed by atoms with E-state index in [0.29, 0.717) is 17.1 Å². The molecule has 0 unspecified atom stereocenters. The predicted octanol–water partition coefficient (Wildman–Crippen LogP) is 3.33. The first-order valence-electron chi connectivity index (χ1n) is 8.53. The molecule has 0 radical (unpaired) electrons. The van der Waals surface area contributed by atoms with Gasteiger partial charge in [0.2, 0.25) is 5.91 Å². The van der Waals surface area contributed by atoms with Crippen LogP contribution in [0, 0.1) is 13.8 Å². The number of halogens is 1. The Morgan fingerprint density at radius 1 is 1.14 bits per heavy atom. The maximum atomic E-state index is 12.3. The Labute approximate surface area is 170 Å². The first-order valence-corrected chi connectivity index (χ1v) is 9.32. The van der Waals surface area contributed by atoms with Crippen LogP contribution in [0.4, 0.5) is 5.69 Å². The van der Waals surface area contributed by atoms with Gasteiger partial charge < -0.3 is 10.1 Å². The molecule has 0 atom stereocenters. The Morgan fingerprint density at radius 3 is 2.50 bits per heavy atom. The number of carbonyl (C=O) groups excluding carboxylic acids is 1. The average Bonchev–Trinajstić information content (AvgIpc) is 2.70. The summed E-state index contributed by atoms with van der Waals surface area (Å²) in [5.74, 6) is 0.360. The molecule has 0 saturated heterocycles. The van der Waals surface area contributed by atoms with E-state index >= 15 is 0 Å². The second-order valence-electron chi connectivity index (χ2n) is 6.20. The predicted molar refractivity (Wildman–Crippen MR) is 111 cm³/mol. The summed E-state index contributed by atoms with van der Waals surface area (Å²) in [4.78, 5) is 28.6. The number of nitrogens with zero attached hydrogens (tertiary/aromatic N) is 3. The van der Waals surface area contributed by atoms with Gasteiger partial charge in [0.15, 0.2) is 0 Å². The molecule has 1 amide bonds. The molecule has 28 heavy (non-hydrogen) atoms. The Balaban J connectivity index is 1.75. The summed E-state index contributed by atoms with van der Waals surface area (Å²) < 4.78 is 7.12. The van der Waals surface area contributed by atoms with E-state index in [1.165, 1.54) is 6.20 Å². The van der Waals surface area contributed by atoms with Crippen molar-refractivity contribution in [3.8, 4) is 17.0 Å². The molecule has 3 rings (SSSR count). The molecular formula is C20H19BrN4O3. The van der Waals surface area contributed by atoms with Crippen LogP contribution >= 0.6 is 15.9 Å². The number of carbonyl (C=O) groups is 1. The van der Waals surface area contributed by atoms with E-state index in [1.807, 2.05) is 26.0 Å². The van der Waals surface area contributed by atoms with Crippen LogP contribution in [-0.2, 0) is 11.3 Å². The van der Waals surface area contributed by atoms with Crippen LogP contribution in [0.15, 0.2) is 51.9 Å². The van der Waals surface area contributed by atoms with E-state index in [1.54, 1.807) is 31.4 Å². The Morgan fingerprint density at radius 2 is 1.86 bits per heavy atom. The van der Waals surface area contributed by atoms with Gasteiger partial charge in [-0.3, -0.25) is 4.79 Å². The van der Waals surface area contributed by atoms with Crippen LogP contribution in [-0.4, -0.2) is 27.8 Å². The molecule has 144 valence electrons. The molecule has 1 N–H and O–H groups in total. The van der Waals surface area contributed by atoms with Crippen LogP contribution < -0.4 is 15.7 Å². The van der Waals surface area contributed by atoms with E-state index < -0.39 is 5.69 Å². The van der Waals surface area contributed by atoms with Gasteiger partial charge in [-0.1, -0.05) is 15.9 Å². The summed E-state index contributed by atoms with van der Waals surface area (Å²) in [6.07, 6.45) is 1.46. The minimum atomic E-state index is -0.591. The number of ether oxygens (including phenoxy) is 1. The fraction of sp³-hybridized carbons (Fsp3) is 0.200. The van der Waals surface area contributed by atoms with Crippen molar-refractivity contribution in [3.05, 3.63) is 68.7 Å². The van der Waals surface area contributed by atoms with Gasteiger partial charge in [-0.2, -0.15) is 10.1 Å². The third kappa shape index (κ3) is 4.28. The normalized spacial score (nSPS) is 10.6. The highest BCUT2D eigenvalue weighted by Gasteiger charge is 2.11. The standard InChI is InChI=1S/C20H19BrN4O3/c1-12-13(2)17(9-8-16(12)21)23-19(26)11-25-20(27)24-18(10-22-25)14-4-6-15(28-3)7-5-14/h4-10H,11H2,1-3H3,(H,23,26). The highest BCUT2D eigenvalue weighted by molar-refractivity contribution is 9.10. The minimum absolute atomic E-state index is 0.219. The zero-order chi connectivity index (χ0) is 20.3. The molecule has 1 heterocycles. The fourth-order valence-electron chi connectivity index (χ4n) is 2.62. The molecule has 0 saturated carbocycles. The maximum Gasteiger partial charge on any atom is 0.365 e. The van der Waals surface area contributed by atoms with E-state index in [-0.39, 0.29) is 12.5 Å². The van der Waals surface area contributed by atoms with Crippen LogP contribution in [0.1, 0.15) is 11.1 Å². The van der Waals surface area contributed by atoms with Gasteiger partial charge in [0.05, 0.1) is 19.0 Å². The molecular weight excluding hydrogens is 424 g/mol. The number of nitrogens with one attached hydrogen (secondary N) is 1. The number of benzene rings is 2. The van der Waals surface area contributed by atoms with Crippen molar-refractivity contribution in [2.24, 2.45) is 0 Å². The Kier molecular flexibility index (Phi) is 5.89. The molecule has 0 aliphatic rings. The molecule has 3 aromatic rings. The lowest BCUT2D eigenvalue weighted by atomic mass is 10.1. The molecule has 2 aromatic carbocycles. The molecule has 0 aliphatic carbocycles. The van der Waals surface area contributed by atoms with E-state index in [0.717, 1.165) is 25.8 Å². The Bertz CT molecular complexity index is 1080. The topological polar surface area (TPSA) is 86.1 Å². The molecule has 7 nitrogen and oxygen atoms in total. The van der Waals surface area contributed by atoms with E-state index in [4.69, 9.17) is 4.74 Å². The van der Waals surface area contributed by atoms with Crippen molar-refractivity contribution >= 4 is 27.5 Å². The van der Waals surface area contributed by atoms with Gasteiger partial charge in [0, 0.05) is 15.7 Å². The van der Waals surface area contributed by atoms with Gasteiger partial charge >= 0.3 is 5.69 Å². The quantitative estimate of drug-likeness (QED) is 0.654. The Hall–Kier alpha value is -3.00.